The van der Waals surface area contributed by atoms with Crippen LogP contribution in [0.3, 0.4) is 0 Å². The second kappa shape index (κ2) is 6.75. The van der Waals surface area contributed by atoms with Gasteiger partial charge in [0, 0.05) is 23.7 Å². The minimum atomic E-state index is -0.0287. The summed E-state index contributed by atoms with van der Waals surface area (Å²) in [4.78, 5) is 18.9. The number of halogens is 1. The van der Waals surface area contributed by atoms with Crippen LogP contribution >= 0.6 is 11.6 Å². The minimum absolute atomic E-state index is 0.0287. The van der Waals surface area contributed by atoms with E-state index in [9.17, 15) is 4.79 Å². The summed E-state index contributed by atoms with van der Waals surface area (Å²) in [7, 11) is 3.89. The molecule has 0 radical (unpaired) electrons. The van der Waals surface area contributed by atoms with Crippen LogP contribution in [-0.4, -0.2) is 36.4 Å². The summed E-state index contributed by atoms with van der Waals surface area (Å²) in [5, 5.41) is 5.41. The fourth-order valence-electron chi connectivity index (χ4n) is 2.72. The van der Waals surface area contributed by atoms with Crippen molar-refractivity contribution in [3.63, 3.8) is 0 Å². The molecule has 0 aliphatic heterocycles. The standard InChI is InChI=1S/C19H20ClN3O/c1-12-6-4-7-13-17(20)14-8-5-9-15(19(14)22-18(12)13)21-16(24)10-11-23(2)3/h4-9H,10-11H2,1-3H3,(H,21,24). The number of rotatable bonds is 4. The molecule has 1 amide bonds. The highest BCUT2D eigenvalue weighted by Crippen LogP contribution is 2.34. The first kappa shape index (κ1) is 16.7. The van der Waals surface area contributed by atoms with Crippen molar-refractivity contribution >= 4 is 45.0 Å². The van der Waals surface area contributed by atoms with Crippen molar-refractivity contribution in [1.82, 2.24) is 9.88 Å². The van der Waals surface area contributed by atoms with E-state index in [1.165, 1.54) is 0 Å². The maximum atomic E-state index is 12.2. The first-order valence-corrected chi connectivity index (χ1v) is 8.27. The van der Waals surface area contributed by atoms with Crippen LogP contribution in [0.5, 0.6) is 0 Å². The third kappa shape index (κ3) is 3.21. The number of carbonyl (C=O) groups excluding carboxylic acids is 1. The predicted molar refractivity (Wildman–Crippen MR) is 101 cm³/mol. The summed E-state index contributed by atoms with van der Waals surface area (Å²) in [6, 6.07) is 11.6. The molecule has 5 heteroatoms. The van der Waals surface area contributed by atoms with Crippen molar-refractivity contribution in [2.75, 3.05) is 26.0 Å². The fourth-order valence-corrected chi connectivity index (χ4v) is 3.03. The maximum absolute atomic E-state index is 12.2. The van der Waals surface area contributed by atoms with E-state index in [0.29, 0.717) is 23.7 Å². The summed E-state index contributed by atoms with van der Waals surface area (Å²) in [6.45, 7) is 2.71. The van der Waals surface area contributed by atoms with E-state index < -0.39 is 0 Å². The lowest BCUT2D eigenvalue weighted by Crippen LogP contribution is -2.21. The molecular weight excluding hydrogens is 322 g/mol. The quantitative estimate of drug-likeness (QED) is 0.722. The van der Waals surface area contributed by atoms with Gasteiger partial charge < -0.3 is 10.2 Å². The lowest BCUT2D eigenvalue weighted by Gasteiger charge is -2.13. The number of amides is 1. The SMILES string of the molecule is Cc1cccc2c(Cl)c3cccc(NC(=O)CCN(C)C)c3nc12. The number of hydrogen-bond acceptors (Lipinski definition) is 3. The first-order chi connectivity index (χ1) is 11.5. The zero-order valence-corrected chi connectivity index (χ0v) is 14.8. The van der Waals surface area contributed by atoms with Gasteiger partial charge in [-0.05, 0) is 32.6 Å². The van der Waals surface area contributed by atoms with Crippen LogP contribution in [0.15, 0.2) is 36.4 Å². The number of benzene rings is 2. The molecule has 0 unspecified atom stereocenters. The molecule has 0 spiro atoms. The van der Waals surface area contributed by atoms with Crippen molar-refractivity contribution in [3.8, 4) is 0 Å². The molecule has 0 saturated heterocycles. The van der Waals surface area contributed by atoms with Crippen LogP contribution < -0.4 is 5.32 Å². The van der Waals surface area contributed by atoms with Gasteiger partial charge in [0.25, 0.3) is 0 Å². The van der Waals surface area contributed by atoms with Crippen LogP contribution in [0.4, 0.5) is 5.69 Å². The Balaban J connectivity index is 2.08. The van der Waals surface area contributed by atoms with Gasteiger partial charge in [0.15, 0.2) is 0 Å². The molecule has 0 atom stereocenters. The van der Waals surface area contributed by atoms with E-state index in [0.717, 1.165) is 27.4 Å². The van der Waals surface area contributed by atoms with Gasteiger partial charge in [-0.25, -0.2) is 4.98 Å². The first-order valence-electron chi connectivity index (χ1n) is 7.89. The highest BCUT2D eigenvalue weighted by atomic mass is 35.5. The minimum Gasteiger partial charge on any atom is -0.324 e. The number of nitrogens with one attached hydrogen (secondary N) is 1. The van der Waals surface area contributed by atoms with Gasteiger partial charge >= 0.3 is 0 Å². The van der Waals surface area contributed by atoms with E-state index in [4.69, 9.17) is 16.6 Å². The number of pyridine rings is 1. The van der Waals surface area contributed by atoms with E-state index in [1.54, 1.807) is 0 Å². The molecule has 3 aromatic rings. The second-order valence-corrected chi connectivity index (χ2v) is 6.58. The number of para-hydroxylation sites is 2. The molecule has 0 aliphatic rings. The van der Waals surface area contributed by atoms with Crippen LogP contribution in [0.1, 0.15) is 12.0 Å². The van der Waals surface area contributed by atoms with Gasteiger partial charge in [0.2, 0.25) is 5.91 Å². The number of fused-ring (bicyclic) bond motifs is 2. The summed E-state index contributed by atoms with van der Waals surface area (Å²) in [5.74, 6) is -0.0287. The van der Waals surface area contributed by atoms with Crippen molar-refractivity contribution < 1.29 is 4.79 Å². The second-order valence-electron chi connectivity index (χ2n) is 6.20. The lowest BCUT2D eigenvalue weighted by molar-refractivity contribution is -0.116. The number of nitrogens with zero attached hydrogens (tertiary/aromatic N) is 2. The summed E-state index contributed by atoms with van der Waals surface area (Å²) < 4.78 is 0. The summed E-state index contributed by atoms with van der Waals surface area (Å²) in [5.41, 5.74) is 3.35. The van der Waals surface area contributed by atoms with E-state index >= 15 is 0 Å². The maximum Gasteiger partial charge on any atom is 0.225 e. The Bertz CT molecular complexity index is 921. The molecule has 24 heavy (non-hydrogen) atoms. The van der Waals surface area contributed by atoms with Gasteiger partial charge in [-0.15, -0.1) is 0 Å². The molecule has 1 heterocycles. The molecule has 0 saturated carbocycles. The summed E-state index contributed by atoms with van der Waals surface area (Å²) >= 11 is 6.60. The molecule has 3 rings (SSSR count). The van der Waals surface area contributed by atoms with E-state index in [-0.39, 0.29) is 5.91 Å². The molecule has 4 nitrogen and oxygen atoms in total. The van der Waals surface area contributed by atoms with Gasteiger partial charge in [0.1, 0.15) is 0 Å². The molecule has 124 valence electrons. The Hall–Kier alpha value is -2.17. The predicted octanol–water partition coefficient (Wildman–Crippen LogP) is 4.24. The Kier molecular flexibility index (Phi) is 4.69. The molecule has 1 N–H and O–H groups in total. The number of hydrogen-bond donors (Lipinski definition) is 1. The van der Waals surface area contributed by atoms with Crippen molar-refractivity contribution in [2.45, 2.75) is 13.3 Å². The molecule has 2 aromatic carbocycles. The average Bonchev–Trinajstić information content (AvgIpc) is 2.55. The Morgan fingerprint density at radius 2 is 1.79 bits per heavy atom. The number of anilines is 1. The van der Waals surface area contributed by atoms with Crippen LogP contribution in [0, 0.1) is 6.92 Å². The number of carbonyl (C=O) groups is 1. The van der Waals surface area contributed by atoms with Crippen LogP contribution in [0.25, 0.3) is 21.8 Å². The van der Waals surface area contributed by atoms with Crippen LogP contribution in [0.2, 0.25) is 5.02 Å². The molecule has 0 aliphatic carbocycles. The fraction of sp³-hybridized carbons (Fsp3) is 0.263. The highest BCUT2D eigenvalue weighted by Gasteiger charge is 2.13. The largest absolute Gasteiger partial charge is 0.324 e. The zero-order chi connectivity index (χ0) is 17.3. The van der Waals surface area contributed by atoms with Gasteiger partial charge in [-0.2, -0.15) is 0 Å². The number of aromatic nitrogens is 1. The Labute approximate surface area is 146 Å². The van der Waals surface area contributed by atoms with Gasteiger partial charge in [0.05, 0.1) is 21.7 Å². The van der Waals surface area contributed by atoms with E-state index in [2.05, 4.69) is 5.32 Å². The van der Waals surface area contributed by atoms with Gasteiger partial charge in [-0.3, -0.25) is 4.79 Å². The molecule has 0 bridgehead atoms. The lowest BCUT2D eigenvalue weighted by atomic mass is 10.1. The molecule has 0 fully saturated rings. The molecule has 1 aromatic heterocycles. The van der Waals surface area contributed by atoms with Crippen molar-refractivity contribution in [2.24, 2.45) is 0 Å². The highest BCUT2D eigenvalue weighted by molar-refractivity contribution is 6.40. The monoisotopic (exact) mass is 341 g/mol. The zero-order valence-electron chi connectivity index (χ0n) is 14.1. The average molecular weight is 342 g/mol. The normalized spacial score (nSPS) is 11.4. The topological polar surface area (TPSA) is 45.2 Å². The van der Waals surface area contributed by atoms with Crippen molar-refractivity contribution in [1.29, 1.82) is 0 Å². The third-order valence-corrected chi connectivity index (χ3v) is 4.44. The third-order valence-electron chi connectivity index (χ3n) is 4.03. The van der Waals surface area contributed by atoms with Gasteiger partial charge in [-0.1, -0.05) is 41.9 Å². The Morgan fingerprint density at radius 1 is 1.12 bits per heavy atom. The number of aryl methyl sites for hydroxylation is 1. The van der Waals surface area contributed by atoms with Crippen molar-refractivity contribution in [3.05, 3.63) is 47.0 Å². The van der Waals surface area contributed by atoms with E-state index in [1.807, 2.05) is 62.3 Å². The Morgan fingerprint density at radius 3 is 2.50 bits per heavy atom. The molecular formula is C19H20ClN3O. The summed E-state index contributed by atoms with van der Waals surface area (Å²) in [6.07, 6.45) is 0.434. The van der Waals surface area contributed by atoms with Crippen LogP contribution in [-0.2, 0) is 4.79 Å². The smallest absolute Gasteiger partial charge is 0.225 e.